The molecule has 0 spiro atoms. The molecule has 0 radical (unpaired) electrons. The van der Waals surface area contributed by atoms with Crippen LogP contribution in [0, 0.1) is 13.8 Å². The summed E-state index contributed by atoms with van der Waals surface area (Å²) < 4.78 is 5.95. The number of nitrogens with one attached hydrogen (secondary N) is 1. The van der Waals surface area contributed by atoms with Crippen molar-refractivity contribution in [2.45, 2.75) is 52.6 Å². The molecule has 1 N–H and O–H groups in total. The van der Waals surface area contributed by atoms with Crippen LogP contribution < -0.4 is 10.1 Å². The Kier molecular flexibility index (Phi) is 6.90. The van der Waals surface area contributed by atoms with Gasteiger partial charge in [0, 0.05) is 6.54 Å². The molecule has 1 saturated heterocycles. The SMILES string of the molecule is CCC(Oc1cc(C)ccc1C)C(=O)NCCCN1CCCC1. The van der Waals surface area contributed by atoms with E-state index in [1.165, 1.54) is 25.9 Å². The number of aryl methyl sites for hydroxylation is 2. The van der Waals surface area contributed by atoms with Gasteiger partial charge in [0.1, 0.15) is 5.75 Å². The summed E-state index contributed by atoms with van der Waals surface area (Å²) in [4.78, 5) is 14.8. The van der Waals surface area contributed by atoms with Crippen molar-refractivity contribution < 1.29 is 9.53 Å². The Morgan fingerprint density at radius 1 is 1.30 bits per heavy atom. The second-order valence-corrected chi connectivity index (χ2v) is 6.48. The van der Waals surface area contributed by atoms with Crippen molar-refractivity contribution in [2.75, 3.05) is 26.2 Å². The third-order valence-corrected chi connectivity index (χ3v) is 4.43. The minimum atomic E-state index is -0.415. The van der Waals surface area contributed by atoms with Crippen LogP contribution in [0.1, 0.15) is 43.7 Å². The van der Waals surface area contributed by atoms with Gasteiger partial charge in [0.25, 0.3) is 5.91 Å². The van der Waals surface area contributed by atoms with E-state index in [4.69, 9.17) is 4.74 Å². The van der Waals surface area contributed by atoms with E-state index < -0.39 is 6.10 Å². The summed E-state index contributed by atoms with van der Waals surface area (Å²) in [5, 5.41) is 3.02. The highest BCUT2D eigenvalue weighted by Crippen LogP contribution is 2.21. The number of benzene rings is 1. The van der Waals surface area contributed by atoms with Crippen molar-refractivity contribution in [3.05, 3.63) is 29.3 Å². The van der Waals surface area contributed by atoms with Gasteiger partial charge in [-0.1, -0.05) is 19.1 Å². The largest absolute Gasteiger partial charge is 0.480 e. The van der Waals surface area contributed by atoms with Crippen molar-refractivity contribution in [3.63, 3.8) is 0 Å². The Hall–Kier alpha value is -1.55. The normalized spacial score (nSPS) is 16.3. The predicted molar refractivity (Wildman–Crippen MR) is 93.9 cm³/mol. The fourth-order valence-corrected chi connectivity index (χ4v) is 2.94. The molecule has 1 aromatic rings. The summed E-state index contributed by atoms with van der Waals surface area (Å²) in [5.74, 6) is 0.805. The molecule has 1 aliphatic heterocycles. The first-order chi connectivity index (χ1) is 11.1. The second kappa shape index (κ2) is 8.92. The summed E-state index contributed by atoms with van der Waals surface area (Å²) in [5.41, 5.74) is 2.21. The molecule has 1 aliphatic rings. The molecule has 0 saturated carbocycles. The summed E-state index contributed by atoms with van der Waals surface area (Å²) in [6.07, 6.45) is 3.89. The molecule has 0 bridgehead atoms. The van der Waals surface area contributed by atoms with Gasteiger partial charge < -0.3 is 15.0 Å². The fraction of sp³-hybridized carbons (Fsp3) is 0.632. The smallest absolute Gasteiger partial charge is 0.261 e. The van der Waals surface area contributed by atoms with Crippen LogP contribution in [0.2, 0.25) is 0 Å². The molecule has 0 aliphatic carbocycles. The van der Waals surface area contributed by atoms with Crippen molar-refractivity contribution in [1.29, 1.82) is 0 Å². The van der Waals surface area contributed by atoms with Crippen molar-refractivity contribution >= 4 is 5.91 Å². The summed E-state index contributed by atoms with van der Waals surface area (Å²) >= 11 is 0. The highest BCUT2D eigenvalue weighted by Gasteiger charge is 2.19. The van der Waals surface area contributed by atoms with Gasteiger partial charge in [-0.3, -0.25) is 4.79 Å². The van der Waals surface area contributed by atoms with E-state index in [1.54, 1.807) is 0 Å². The molecule has 128 valence electrons. The van der Waals surface area contributed by atoms with Crippen molar-refractivity contribution in [2.24, 2.45) is 0 Å². The fourth-order valence-electron chi connectivity index (χ4n) is 2.94. The van der Waals surface area contributed by atoms with Gasteiger partial charge in [-0.05, 0) is 76.4 Å². The number of nitrogens with zero attached hydrogens (tertiary/aromatic N) is 1. The van der Waals surface area contributed by atoms with E-state index in [-0.39, 0.29) is 5.91 Å². The van der Waals surface area contributed by atoms with E-state index in [9.17, 15) is 4.79 Å². The lowest BCUT2D eigenvalue weighted by molar-refractivity contribution is -0.128. The van der Waals surface area contributed by atoms with Gasteiger partial charge in [0.15, 0.2) is 6.10 Å². The number of likely N-dealkylation sites (tertiary alicyclic amines) is 1. The van der Waals surface area contributed by atoms with Crippen LogP contribution in [0.4, 0.5) is 0 Å². The highest BCUT2D eigenvalue weighted by molar-refractivity contribution is 5.81. The van der Waals surface area contributed by atoms with E-state index in [2.05, 4.69) is 16.3 Å². The Balaban J connectivity index is 1.77. The van der Waals surface area contributed by atoms with Gasteiger partial charge >= 0.3 is 0 Å². The monoisotopic (exact) mass is 318 g/mol. The molecular formula is C19H30N2O2. The Bertz CT molecular complexity index is 510. The molecule has 1 atom stereocenters. The zero-order valence-corrected chi connectivity index (χ0v) is 14.7. The molecule has 1 aromatic carbocycles. The first-order valence-electron chi connectivity index (χ1n) is 8.84. The third kappa shape index (κ3) is 5.54. The van der Waals surface area contributed by atoms with Crippen LogP contribution in [-0.4, -0.2) is 43.1 Å². The van der Waals surface area contributed by atoms with Gasteiger partial charge in [0.2, 0.25) is 0 Å². The van der Waals surface area contributed by atoms with Crippen molar-refractivity contribution in [1.82, 2.24) is 10.2 Å². The van der Waals surface area contributed by atoms with Crippen LogP contribution in [0.5, 0.6) is 5.75 Å². The molecule has 0 aromatic heterocycles. The highest BCUT2D eigenvalue weighted by atomic mass is 16.5. The lowest BCUT2D eigenvalue weighted by atomic mass is 10.1. The molecule has 1 fully saturated rings. The number of carbonyl (C=O) groups excluding carboxylic acids is 1. The van der Waals surface area contributed by atoms with Crippen LogP contribution in [0.15, 0.2) is 18.2 Å². The average molecular weight is 318 g/mol. The number of carbonyl (C=O) groups is 1. The number of hydrogen-bond acceptors (Lipinski definition) is 3. The lowest BCUT2D eigenvalue weighted by Crippen LogP contribution is -2.39. The maximum absolute atomic E-state index is 12.3. The van der Waals surface area contributed by atoms with Crippen LogP contribution >= 0.6 is 0 Å². The molecular weight excluding hydrogens is 288 g/mol. The van der Waals surface area contributed by atoms with Crippen LogP contribution in [0.25, 0.3) is 0 Å². The molecule has 1 unspecified atom stereocenters. The maximum Gasteiger partial charge on any atom is 0.261 e. The van der Waals surface area contributed by atoms with E-state index in [1.807, 2.05) is 32.9 Å². The van der Waals surface area contributed by atoms with Gasteiger partial charge in [-0.2, -0.15) is 0 Å². The standard InChI is InChI=1S/C19H30N2O2/c1-4-17(23-18-14-15(2)8-9-16(18)3)19(22)20-10-7-13-21-11-5-6-12-21/h8-9,14,17H,4-7,10-13H2,1-3H3,(H,20,22). The zero-order chi connectivity index (χ0) is 16.7. The van der Waals surface area contributed by atoms with E-state index in [0.717, 1.165) is 36.4 Å². The lowest BCUT2D eigenvalue weighted by Gasteiger charge is -2.19. The van der Waals surface area contributed by atoms with Crippen molar-refractivity contribution in [3.8, 4) is 5.75 Å². The first kappa shape index (κ1) is 17.8. The number of hydrogen-bond donors (Lipinski definition) is 1. The Morgan fingerprint density at radius 3 is 2.74 bits per heavy atom. The Labute approximate surface area is 140 Å². The topological polar surface area (TPSA) is 41.6 Å². The summed E-state index contributed by atoms with van der Waals surface area (Å²) in [6, 6.07) is 6.09. The second-order valence-electron chi connectivity index (χ2n) is 6.48. The van der Waals surface area contributed by atoms with Crippen LogP contribution in [-0.2, 0) is 4.79 Å². The molecule has 1 heterocycles. The molecule has 1 amide bonds. The quantitative estimate of drug-likeness (QED) is 0.749. The first-order valence-corrected chi connectivity index (χ1v) is 8.84. The zero-order valence-electron chi connectivity index (χ0n) is 14.7. The van der Waals surface area contributed by atoms with Gasteiger partial charge in [-0.15, -0.1) is 0 Å². The number of rotatable bonds is 8. The minimum Gasteiger partial charge on any atom is -0.480 e. The predicted octanol–water partition coefficient (Wildman–Crippen LogP) is 3.06. The van der Waals surface area contributed by atoms with E-state index in [0.29, 0.717) is 6.42 Å². The molecule has 4 nitrogen and oxygen atoms in total. The average Bonchev–Trinajstić information content (AvgIpc) is 3.05. The summed E-state index contributed by atoms with van der Waals surface area (Å²) in [6.45, 7) is 10.3. The van der Waals surface area contributed by atoms with Gasteiger partial charge in [-0.25, -0.2) is 0 Å². The summed E-state index contributed by atoms with van der Waals surface area (Å²) in [7, 11) is 0. The molecule has 23 heavy (non-hydrogen) atoms. The minimum absolute atomic E-state index is 0.00479. The molecule has 2 rings (SSSR count). The maximum atomic E-state index is 12.3. The third-order valence-electron chi connectivity index (χ3n) is 4.43. The van der Waals surface area contributed by atoms with Crippen LogP contribution in [0.3, 0.4) is 0 Å². The number of ether oxygens (including phenoxy) is 1. The van der Waals surface area contributed by atoms with E-state index >= 15 is 0 Å². The Morgan fingerprint density at radius 2 is 2.04 bits per heavy atom. The molecule has 4 heteroatoms. The number of amides is 1. The van der Waals surface area contributed by atoms with Gasteiger partial charge in [0.05, 0.1) is 0 Å².